The first kappa shape index (κ1) is 19.2. The summed E-state index contributed by atoms with van der Waals surface area (Å²) in [6.45, 7) is 1.24. The van der Waals surface area contributed by atoms with Crippen LogP contribution >= 0.6 is 0 Å². The molecule has 7 nitrogen and oxygen atoms in total. The van der Waals surface area contributed by atoms with Crippen LogP contribution in [-0.4, -0.2) is 47.0 Å². The quantitative estimate of drug-likeness (QED) is 0.715. The van der Waals surface area contributed by atoms with E-state index in [2.05, 4.69) is 5.32 Å². The van der Waals surface area contributed by atoms with Gasteiger partial charge >= 0.3 is 5.97 Å². The third-order valence-electron chi connectivity index (χ3n) is 5.11. The van der Waals surface area contributed by atoms with Gasteiger partial charge in [-0.3, -0.25) is 14.4 Å². The predicted octanol–water partition coefficient (Wildman–Crippen LogP) is 2.59. The molecule has 0 radical (unpaired) electrons. The maximum atomic E-state index is 12.8. The normalized spacial score (nSPS) is 18.5. The van der Waals surface area contributed by atoms with Gasteiger partial charge in [0.1, 0.15) is 11.8 Å². The first-order valence-electron chi connectivity index (χ1n) is 9.62. The van der Waals surface area contributed by atoms with Crippen molar-refractivity contribution in [3.8, 4) is 5.75 Å². The predicted molar refractivity (Wildman–Crippen MR) is 99.7 cm³/mol. The fourth-order valence-corrected chi connectivity index (χ4v) is 3.69. The monoisotopic (exact) mass is 374 g/mol. The molecule has 0 aliphatic carbocycles. The average Bonchev–Trinajstić information content (AvgIpc) is 3.12. The summed E-state index contributed by atoms with van der Waals surface area (Å²) in [4.78, 5) is 37.6. The highest BCUT2D eigenvalue weighted by molar-refractivity contribution is 5.97. The van der Waals surface area contributed by atoms with E-state index in [9.17, 15) is 14.4 Å². The van der Waals surface area contributed by atoms with E-state index >= 15 is 0 Å². The van der Waals surface area contributed by atoms with E-state index in [0.717, 1.165) is 36.3 Å². The molecule has 0 spiro atoms. The second-order valence-electron chi connectivity index (χ2n) is 7.11. The number of likely N-dealkylation sites (tertiary alicyclic amines) is 1. The molecule has 3 rings (SSSR count). The Balaban J connectivity index is 1.58. The number of carbonyl (C=O) groups excluding carboxylic acids is 2. The first-order chi connectivity index (χ1) is 13.0. The lowest BCUT2D eigenvalue weighted by Gasteiger charge is -2.34. The number of hydrogen-bond donors (Lipinski definition) is 2. The summed E-state index contributed by atoms with van der Waals surface area (Å²) in [5.74, 6) is -0.212. The van der Waals surface area contributed by atoms with Crippen LogP contribution in [0.4, 0.5) is 5.69 Å². The largest absolute Gasteiger partial charge is 0.493 e. The van der Waals surface area contributed by atoms with E-state index in [4.69, 9.17) is 9.84 Å². The minimum Gasteiger partial charge on any atom is -0.493 e. The van der Waals surface area contributed by atoms with Crippen molar-refractivity contribution >= 4 is 23.5 Å². The molecular weight excluding hydrogens is 348 g/mol. The molecule has 1 atom stereocenters. The molecule has 2 aliphatic rings. The minimum absolute atomic E-state index is 0.0670. The van der Waals surface area contributed by atoms with Crippen molar-refractivity contribution in [3.63, 3.8) is 0 Å². The Labute approximate surface area is 158 Å². The molecule has 1 unspecified atom stereocenters. The lowest BCUT2D eigenvalue weighted by atomic mass is 10.00. The highest BCUT2D eigenvalue weighted by Crippen LogP contribution is 2.28. The van der Waals surface area contributed by atoms with Crippen molar-refractivity contribution in [1.29, 1.82) is 0 Å². The van der Waals surface area contributed by atoms with Crippen molar-refractivity contribution in [3.05, 3.63) is 23.8 Å². The number of carboxylic acids is 1. The maximum Gasteiger partial charge on any atom is 0.303 e. The van der Waals surface area contributed by atoms with Crippen LogP contribution in [0.25, 0.3) is 0 Å². The minimum atomic E-state index is -0.850. The molecule has 0 aromatic heterocycles. The van der Waals surface area contributed by atoms with E-state index in [0.29, 0.717) is 32.4 Å². The number of fused-ring (bicyclic) bond motifs is 1. The van der Waals surface area contributed by atoms with Crippen LogP contribution in [0, 0.1) is 0 Å². The standard InChI is InChI=1S/C20H26N2O5/c23-18(6-1-2-7-19(24)25)22-11-4-3-5-16(22)20(26)21-15-8-9-17-14(13-15)10-12-27-17/h8-9,13,16H,1-7,10-12H2,(H,21,26)(H,24,25). The molecule has 0 saturated carbocycles. The second kappa shape index (κ2) is 8.88. The number of amides is 2. The van der Waals surface area contributed by atoms with Crippen molar-refractivity contribution in [2.75, 3.05) is 18.5 Å². The number of carboxylic acid groups (broad SMARTS) is 1. The number of unbranched alkanes of at least 4 members (excludes halogenated alkanes) is 1. The molecule has 1 fully saturated rings. The number of hydrogen-bond acceptors (Lipinski definition) is 4. The number of carbonyl (C=O) groups is 3. The topological polar surface area (TPSA) is 95.9 Å². The number of nitrogens with one attached hydrogen (secondary N) is 1. The Bertz CT molecular complexity index is 718. The average molecular weight is 374 g/mol. The van der Waals surface area contributed by atoms with Crippen LogP contribution in [0.5, 0.6) is 5.75 Å². The molecule has 27 heavy (non-hydrogen) atoms. The van der Waals surface area contributed by atoms with E-state index in [-0.39, 0.29) is 24.7 Å². The summed E-state index contributed by atoms with van der Waals surface area (Å²) in [7, 11) is 0. The summed E-state index contributed by atoms with van der Waals surface area (Å²) in [5, 5.41) is 11.6. The van der Waals surface area contributed by atoms with Crippen LogP contribution in [0.1, 0.15) is 50.5 Å². The third kappa shape index (κ3) is 4.99. The SMILES string of the molecule is O=C(O)CCCCC(=O)N1CCCCC1C(=O)Nc1ccc2c(c1)CCO2. The molecule has 0 bridgehead atoms. The molecule has 2 aliphatic heterocycles. The number of rotatable bonds is 7. The van der Waals surface area contributed by atoms with Gasteiger partial charge in [-0.1, -0.05) is 0 Å². The molecule has 1 aromatic rings. The zero-order valence-corrected chi connectivity index (χ0v) is 15.4. The van der Waals surface area contributed by atoms with Crippen LogP contribution < -0.4 is 10.1 Å². The Hall–Kier alpha value is -2.57. The van der Waals surface area contributed by atoms with Gasteiger partial charge in [0.05, 0.1) is 6.61 Å². The van der Waals surface area contributed by atoms with E-state index in [1.54, 1.807) is 4.90 Å². The van der Waals surface area contributed by atoms with Crippen LogP contribution in [0.2, 0.25) is 0 Å². The Morgan fingerprint density at radius 2 is 2.00 bits per heavy atom. The van der Waals surface area contributed by atoms with Crippen LogP contribution in [0.15, 0.2) is 18.2 Å². The molecule has 2 N–H and O–H groups in total. The van der Waals surface area contributed by atoms with Crippen LogP contribution in [0.3, 0.4) is 0 Å². The molecule has 2 amide bonds. The summed E-state index contributed by atoms with van der Waals surface area (Å²) in [5.41, 5.74) is 1.81. The zero-order valence-electron chi connectivity index (χ0n) is 15.4. The van der Waals surface area contributed by atoms with Gasteiger partial charge in [0, 0.05) is 31.5 Å². The molecule has 7 heteroatoms. The lowest BCUT2D eigenvalue weighted by molar-refractivity contribution is -0.140. The molecule has 146 valence electrons. The van der Waals surface area contributed by atoms with Crippen molar-refractivity contribution in [1.82, 2.24) is 4.90 Å². The van der Waals surface area contributed by atoms with Gasteiger partial charge in [-0.15, -0.1) is 0 Å². The number of ether oxygens (including phenoxy) is 1. The number of benzene rings is 1. The second-order valence-corrected chi connectivity index (χ2v) is 7.11. The number of nitrogens with zero attached hydrogens (tertiary/aromatic N) is 1. The number of aliphatic carboxylic acids is 1. The van der Waals surface area contributed by atoms with E-state index in [1.807, 2.05) is 18.2 Å². The van der Waals surface area contributed by atoms with Crippen molar-refractivity contribution in [2.24, 2.45) is 0 Å². The van der Waals surface area contributed by atoms with Gasteiger partial charge in [-0.25, -0.2) is 0 Å². The highest BCUT2D eigenvalue weighted by Gasteiger charge is 2.31. The van der Waals surface area contributed by atoms with Gasteiger partial charge in [0.15, 0.2) is 0 Å². The van der Waals surface area contributed by atoms with Gasteiger partial charge in [-0.05, 0) is 55.9 Å². The van der Waals surface area contributed by atoms with E-state index < -0.39 is 12.0 Å². The molecule has 2 heterocycles. The van der Waals surface area contributed by atoms with Crippen molar-refractivity contribution < 1.29 is 24.2 Å². The Kier molecular flexibility index (Phi) is 6.32. The third-order valence-corrected chi connectivity index (χ3v) is 5.11. The summed E-state index contributed by atoms with van der Waals surface area (Å²) < 4.78 is 5.48. The lowest BCUT2D eigenvalue weighted by Crippen LogP contribution is -2.49. The Morgan fingerprint density at radius 1 is 1.19 bits per heavy atom. The van der Waals surface area contributed by atoms with E-state index in [1.165, 1.54) is 0 Å². The molecule has 1 aromatic carbocycles. The van der Waals surface area contributed by atoms with Crippen LogP contribution in [-0.2, 0) is 20.8 Å². The van der Waals surface area contributed by atoms with Gasteiger partial charge < -0.3 is 20.1 Å². The fraction of sp³-hybridized carbons (Fsp3) is 0.550. The Morgan fingerprint density at radius 3 is 2.81 bits per heavy atom. The molecule has 1 saturated heterocycles. The smallest absolute Gasteiger partial charge is 0.303 e. The fourth-order valence-electron chi connectivity index (χ4n) is 3.69. The maximum absolute atomic E-state index is 12.8. The first-order valence-corrected chi connectivity index (χ1v) is 9.62. The van der Waals surface area contributed by atoms with Gasteiger partial charge in [0.25, 0.3) is 0 Å². The molecular formula is C20H26N2O5. The summed E-state index contributed by atoms with van der Waals surface area (Å²) in [6.07, 6.45) is 4.65. The highest BCUT2D eigenvalue weighted by atomic mass is 16.5. The summed E-state index contributed by atoms with van der Waals surface area (Å²) in [6, 6.07) is 5.16. The number of anilines is 1. The summed E-state index contributed by atoms with van der Waals surface area (Å²) >= 11 is 0. The number of piperidine rings is 1. The zero-order chi connectivity index (χ0) is 19.2. The van der Waals surface area contributed by atoms with Gasteiger partial charge in [-0.2, -0.15) is 0 Å². The van der Waals surface area contributed by atoms with Gasteiger partial charge in [0.2, 0.25) is 11.8 Å². The van der Waals surface area contributed by atoms with Crippen molar-refractivity contribution in [2.45, 2.75) is 57.4 Å².